The number of nitrogens with two attached hydrogens (primary N) is 1. The highest BCUT2D eigenvalue weighted by atomic mass is 16.5. The minimum Gasteiger partial charge on any atom is -0.484 e. The van der Waals surface area contributed by atoms with Gasteiger partial charge in [0.05, 0.1) is 0 Å². The van der Waals surface area contributed by atoms with E-state index in [0.717, 1.165) is 0 Å². The molecule has 116 valence electrons. The van der Waals surface area contributed by atoms with E-state index >= 15 is 0 Å². The van der Waals surface area contributed by atoms with E-state index in [-0.39, 0.29) is 12.5 Å². The van der Waals surface area contributed by atoms with Crippen LogP contribution in [0.25, 0.3) is 0 Å². The second kappa shape index (κ2) is 7.64. The van der Waals surface area contributed by atoms with Crippen LogP contribution in [0, 0.1) is 0 Å². The first-order chi connectivity index (χ1) is 9.91. The van der Waals surface area contributed by atoms with Crippen molar-refractivity contribution in [3.8, 4) is 5.75 Å². The molecule has 1 rings (SSSR count). The van der Waals surface area contributed by atoms with Gasteiger partial charge in [0.25, 0.3) is 11.8 Å². The molecule has 3 N–H and O–H groups in total. The molecular formula is C15H22N2O4. The summed E-state index contributed by atoms with van der Waals surface area (Å²) in [6.45, 7) is 5.81. The highest BCUT2D eigenvalue weighted by Gasteiger charge is 2.31. The smallest absolute Gasteiger partial charge is 0.256 e. The van der Waals surface area contributed by atoms with Crippen LogP contribution in [-0.4, -0.2) is 30.6 Å². The first-order valence-electron chi connectivity index (χ1n) is 6.88. The van der Waals surface area contributed by atoms with Crippen LogP contribution in [-0.2, 0) is 14.3 Å². The minimum atomic E-state index is -0.851. The van der Waals surface area contributed by atoms with Crippen molar-refractivity contribution in [3.05, 3.63) is 24.3 Å². The summed E-state index contributed by atoms with van der Waals surface area (Å²) in [5.74, 6) is -0.227. The molecule has 21 heavy (non-hydrogen) atoms. The van der Waals surface area contributed by atoms with Crippen LogP contribution in [0.3, 0.4) is 0 Å². The average molecular weight is 294 g/mol. The first kappa shape index (κ1) is 17.0. The number of rotatable bonds is 8. The Morgan fingerprint density at radius 2 is 1.86 bits per heavy atom. The number of carbonyl (C=O) groups excluding carboxylic acids is 2. The molecule has 0 spiro atoms. The van der Waals surface area contributed by atoms with E-state index in [4.69, 9.17) is 15.2 Å². The normalized spacial score (nSPS) is 13.3. The predicted octanol–water partition coefficient (Wildman–Crippen LogP) is 1.69. The van der Waals surface area contributed by atoms with Crippen molar-refractivity contribution in [2.75, 3.05) is 18.5 Å². The quantitative estimate of drug-likeness (QED) is 0.763. The van der Waals surface area contributed by atoms with Gasteiger partial charge in [-0.1, -0.05) is 6.92 Å². The van der Waals surface area contributed by atoms with Crippen molar-refractivity contribution in [1.29, 1.82) is 0 Å². The van der Waals surface area contributed by atoms with Gasteiger partial charge in [0.2, 0.25) is 0 Å². The number of primary amides is 1. The second-order valence-electron chi connectivity index (χ2n) is 4.75. The Balaban J connectivity index is 2.66. The van der Waals surface area contributed by atoms with E-state index in [1.165, 1.54) is 0 Å². The van der Waals surface area contributed by atoms with E-state index in [2.05, 4.69) is 5.32 Å². The average Bonchev–Trinajstić information content (AvgIpc) is 2.46. The molecular weight excluding hydrogens is 272 g/mol. The van der Waals surface area contributed by atoms with Gasteiger partial charge in [-0.25, -0.2) is 0 Å². The Morgan fingerprint density at radius 1 is 1.24 bits per heavy atom. The van der Waals surface area contributed by atoms with E-state index in [1.54, 1.807) is 31.2 Å². The molecule has 0 bridgehead atoms. The zero-order valence-electron chi connectivity index (χ0n) is 12.6. The van der Waals surface area contributed by atoms with Crippen molar-refractivity contribution in [3.63, 3.8) is 0 Å². The molecule has 0 saturated heterocycles. The molecule has 6 heteroatoms. The van der Waals surface area contributed by atoms with Crippen LogP contribution in [0.4, 0.5) is 5.69 Å². The molecule has 0 heterocycles. The molecule has 0 aliphatic rings. The Labute approximate surface area is 124 Å². The molecule has 0 fully saturated rings. The number of hydrogen-bond donors (Lipinski definition) is 2. The standard InChI is InChI=1S/C15H22N2O4/c1-4-15(3,21-5-2)14(19)17-11-6-8-12(9-7-11)20-10-13(16)18/h6-9H,4-5,10H2,1-3H3,(H2,16,18)(H,17,19). The van der Waals surface area contributed by atoms with Gasteiger partial charge in [-0.05, 0) is 44.5 Å². The van der Waals surface area contributed by atoms with Gasteiger partial charge < -0.3 is 20.5 Å². The number of ether oxygens (including phenoxy) is 2. The lowest BCUT2D eigenvalue weighted by Gasteiger charge is -2.26. The Bertz CT molecular complexity index is 487. The highest BCUT2D eigenvalue weighted by Crippen LogP contribution is 2.20. The van der Waals surface area contributed by atoms with Gasteiger partial charge in [0.1, 0.15) is 11.4 Å². The molecule has 2 amide bonds. The topological polar surface area (TPSA) is 90.7 Å². The molecule has 1 aromatic rings. The Morgan fingerprint density at radius 3 is 2.33 bits per heavy atom. The van der Waals surface area contributed by atoms with Crippen molar-refractivity contribution in [2.24, 2.45) is 5.73 Å². The molecule has 6 nitrogen and oxygen atoms in total. The zero-order chi connectivity index (χ0) is 15.9. The number of nitrogens with one attached hydrogen (secondary N) is 1. The second-order valence-corrected chi connectivity index (χ2v) is 4.75. The number of benzene rings is 1. The predicted molar refractivity (Wildman–Crippen MR) is 80.1 cm³/mol. The minimum absolute atomic E-state index is 0.177. The third kappa shape index (κ3) is 5.07. The van der Waals surface area contributed by atoms with Crippen LogP contribution >= 0.6 is 0 Å². The van der Waals surface area contributed by atoms with Crippen LogP contribution in [0.1, 0.15) is 27.2 Å². The molecule has 0 radical (unpaired) electrons. The maximum absolute atomic E-state index is 12.2. The van der Waals surface area contributed by atoms with E-state index < -0.39 is 11.5 Å². The fourth-order valence-electron chi connectivity index (χ4n) is 1.70. The third-order valence-electron chi connectivity index (χ3n) is 3.11. The molecule has 1 unspecified atom stereocenters. The molecule has 0 aromatic heterocycles. The van der Waals surface area contributed by atoms with E-state index in [9.17, 15) is 9.59 Å². The van der Waals surface area contributed by atoms with Gasteiger partial charge >= 0.3 is 0 Å². The summed E-state index contributed by atoms with van der Waals surface area (Å²) in [6, 6.07) is 6.69. The summed E-state index contributed by atoms with van der Waals surface area (Å²) >= 11 is 0. The lowest BCUT2D eigenvalue weighted by Crippen LogP contribution is -2.42. The van der Waals surface area contributed by atoms with Crippen LogP contribution in [0.5, 0.6) is 5.75 Å². The fourth-order valence-corrected chi connectivity index (χ4v) is 1.70. The van der Waals surface area contributed by atoms with E-state index in [0.29, 0.717) is 24.5 Å². The number of anilines is 1. The number of hydrogen-bond acceptors (Lipinski definition) is 4. The summed E-state index contributed by atoms with van der Waals surface area (Å²) in [5.41, 5.74) is 4.77. The van der Waals surface area contributed by atoms with Crippen LogP contribution < -0.4 is 15.8 Å². The largest absolute Gasteiger partial charge is 0.484 e. The van der Waals surface area contributed by atoms with Gasteiger partial charge in [-0.3, -0.25) is 9.59 Å². The van der Waals surface area contributed by atoms with Gasteiger partial charge in [-0.15, -0.1) is 0 Å². The third-order valence-corrected chi connectivity index (χ3v) is 3.11. The van der Waals surface area contributed by atoms with Gasteiger partial charge in [0.15, 0.2) is 6.61 Å². The van der Waals surface area contributed by atoms with Crippen molar-refractivity contribution < 1.29 is 19.1 Å². The summed E-state index contributed by atoms with van der Waals surface area (Å²) in [4.78, 5) is 22.8. The van der Waals surface area contributed by atoms with Gasteiger partial charge in [0, 0.05) is 12.3 Å². The van der Waals surface area contributed by atoms with Gasteiger partial charge in [-0.2, -0.15) is 0 Å². The summed E-state index contributed by atoms with van der Waals surface area (Å²) in [5, 5.41) is 2.80. The first-order valence-corrected chi connectivity index (χ1v) is 6.88. The van der Waals surface area contributed by atoms with Crippen molar-refractivity contribution >= 4 is 17.5 Å². The Kier molecular flexibility index (Phi) is 6.17. The molecule has 0 aliphatic carbocycles. The summed E-state index contributed by atoms with van der Waals surface area (Å²) < 4.78 is 10.7. The Hall–Kier alpha value is -2.08. The fraction of sp³-hybridized carbons (Fsp3) is 0.467. The number of amides is 2. The van der Waals surface area contributed by atoms with Crippen LogP contribution in [0.2, 0.25) is 0 Å². The van der Waals surface area contributed by atoms with Crippen LogP contribution in [0.15, 0.2) is 24.3 Å². The zero-order valence-corrected chi connectivity index (χ0v) is 12.6. The molecule has 0 saturated carbocycles. The highest BCUT2D eigenvalue weighted by molar-refractivity contribution is 5.97. The molecule has 1 aromatic carbocycles. The lowest BCUT2D eigenvalue weighted by atomic mass is 10.0. The number of carbonyl (C=O) groups is 2. The monoisotopic (exact) mass is 294 g/mol. The lowest BCUT2D eigenvalue weighted by molar-refractivity contribution is -0.139. The summed E-state index contributed by atoms with van der Waals surface area (Å²) in [6.07, 6.45) is 0.576. The maximum atomic E-state index is 12.2. The van der Waals surface area contributed by atoms with Crippen molar-refractivity contribution in [1.82, 2.24) is 0 Å². The SMILES string of the molecule is CCOC(C)(CC)C(=O)Nc1ccc(OCC(N)=O)cc1. The van der Waals surface area contributed by atoms with Crippen molar-refractivity contribution in [2.45, 2.75) is 32.8 Å². The molecule has 0 aliphatic heterocycles. The molecule has 1 atom stereocenters. The van der Waals surface area contributed by atoms with E-state index in [1.807, 2.05) is 13.8 Å². The maximum Gasteiger partial charge on any atom is 0.256 e. The summed E-state index contributed by atoms with van der Waals surface area (Å²) in [7, 11) is 0.